The zero-order chi connectivity index (χ0) is 13.3. The molecule has 0 bridgehead atoms. The third-order valence-corrected chi connectivity index (χ3v) is 7.61. The number of hydrogen-bond donors (Lipinski definition) is 1. The van der Waals surface area contributed by atoms with Crippen LogP contribution in [0.3, 0.4) is 0 Å². The van der Waals surface area contributed by atoms with Crippen LogP contribution in [-0.4, -0.2) is 27.4 Å². The molecule has 3 heteroatoms. The second kappa shape index (κ2) is 5.41. The molecule has 1 aliphatic rings. The lowest BCUT2D eigenvalue weighted by atomic mass is 10.0. The van der Waals surface area contributed by atoms with Crippen LogP contribution in [0.2, 0.25) is 44.8 Å². The monoisotopic (exact) mass is 270 g/mol. The molecule has 0 aromatic heterocycles. The molecule has 0 heterocycles. The van der Waals surface area contributed by atoms with Crippen LogP contribution in [0, 0.1) is 5.92 Å². The van der Waals surface area contributed by atoms with E-state index >= 15 is 0 Å². The van der Waals surface area contributed by atoms with Gasteiger partial charge in [-0.15, -0.1) is 0 Å². The molecule has 100 valence electrons. The fraction of sp³-hybridized carbons (Fsp3) is 0.857. The number of aliphatic hydroxyl groups is 1. The first-order chi connectivity index (χ1) is 7.61. The highest BCUT2D eigenvalue weighted by molar-refractivity contribution is 6.81. The van der Waals surface area contributed by atoms with E-state index in [1.807, 2.05) is 0 Å². The van der Waals surface area contributed by atoms with E-state index < -0.39 is 16.1 Å². The molecule has 0 amide bonds. The lowest BCUT2D eigenvalue weighted by Crippen LogP contribution is -2.35. The molecular formula is C14H30OSi2. The summed E-state index contributed by atoms with van der Waals surface area (Å²) in [5.74, 6) is 0.536. The molecule has 0 aromatic carbocycles. The third kappa shape index (κ3) is 4.72. The molecule has 0 spiro atoms. The number of rotatable bonds is 4. The predicted octanol–water partition coefficient (Wildman–Crippen LogP) is 4.29. The Morgan fingerprint density at radius 3 is 2.00 bits per heavy atom. The Hall–Kier alpha value is 0.134. The van der Waals surface area contributed by atoms with Crippen LogP contribution in [0.4, 0.5) is 0 Å². The van der Waals surface area contributed by atoms with Crippen molar-refractivity contribution in [3.05, 3.63) is 11.8 Å². The zero-order valence-electron chi connectivity index (χ0n) is 12.5. The highest BCUT2D eigenvalue weighted by Gasteiger charge is 2.38. The summed E-state index contributed by atoms with van der Waals surface area (Å²) in [7, 11) is -2.33. The standard InChI is InChI=1S/C14H30OSi2/c1-16(2,3)11-10-14(17(4,5)6)12-8-7-9-13(12)15/h10-15H,7-9H2,1-6H3/b11-10+/t12-,13-,14?/m1/s1. The van der Waals surface area contributed by atoms with Crippen molar-refractivity contribution in [1.29, 1.82) is 0 Å². The van der Waals surface area contributed by atoms with Crippen molar-refractivity contribution in [3.8, 4) is 0 Å². The van der Waals surface area contributed by atoms with Gasteiger partial charge in [0, 0.05) is 0 Å². The largest absolute Gasteiger partial charge is 0.393 e. The van der Waals surface area contributed by atoms with Gasteiger partial charge in [0.2, 0.25) is 0 Å². The van der Waals surface area contributed by atoms with E-state index in [-0.39, 0.29) is 6.10 Å². The minimum Gasteiger partial charge on any atom is -0.393 e. The average Bonchev–Trinajstić information content (AvgIpc) is 2.48. The predicted molar refractivity (Wildman–Crippen MR) is 82.9 cm³/mol. The van der Waals surface area contributed by atoms with Crippen LogP contribution in [0.15, 0.2) is 11.8 Å². The first-order valence-electron chi connectivity index (χ1n) is 6.99. The van der Waals surface area contributed by atoms with Gasteiger partial charge >= 0.3 is 0 Å². The quantitative estimate of drug-likeness (QED) is 0.756. The Bertz CT molecular complexity index is 273. The topological polar surface area (TPSA) is 20.2 Å². The third-order valence-electron chi connectivity index (χ3n) is 3.80. The summed E-state index contributed by atoms with van der Waals surface area (Å²) >= 11 is 0. The molecule has 0 aromatic rings. The first-order valence-corrected chi connectivity index (χ1v) is 14.1. The van der Waals surface area contributed by atoms with Crippen molar-refractivity contribution in [2.75, 3.05) is 0 Å². The molecule has 1 aliphatic carbocycles. The summed E-state index contributed by atoms with van der Waals surface area (Å²) in [5.41, 5.74) is 3.15. The smallest absolute Gasteiger partial charge is 0.0682 e. The van der Waals surface area contributed by atoms with Gasteiger partial charge in [0.15, 0.2) is 0 Å². The molecule has 1 rings (SSSR count). The van der Waals surface area contributed by atoms with Crippen LogP contribution < -0.4 is 0 Å². The van der Waals surface area contributed by atoms with Crippen molar-refractivity contribution in [1.82, 2.24) is 0 Å². The van der Waals surface area contributed by atoms with E-state index in [1.54, 1.807) is 0 Å². The van der Waals surface area contributed by atoms with Crippen LogP contribution in [0.5, 0.6) is 0 Å². The normalized spacial score (nSPS) is 28.9. The zero-order valence-corrected chi connectivity index (χ0v) is 14.5. The number of allylic oxidation sites excluding steroid dienone is 1. The van der Waals surface area contributed by atoms with Crippen LogP contribution in [0.1, 0.15) is 19.3 Å². The van der Waals surface area contributed by atoms with Crippen molar-refractivity contribution in [2.24, 2.45) is 5.92 Å². The minimum absolute atomic E-state index is 0.0435. The van der Waals surface area contributed by atoms with Crippen LogP contribution in [0.25, 0.3) is 0 Å². The maximum atomic E-state index is 10.2. The van der Waals surface area contributed by atoms with Gasteiger partial charge in [0.05, 0.1) is 22.3 Å². The minimum atomic E-state index is -1.22. The highest BCUT2D eigenvalue weighted by atomic mass is 28.3. The van der Waals surface area contributed by atoms with Gasteiger partial charge in [-0.1, -0.05) is 57.5 Å². The number of aliphatic hydroxyl groups excluding tert-OH is 1. The molecule has 1 fully saturated rings. The summed E-state index contributed by atoms with van der Waals surface area (Å²) in [5, 5.41) is 10.2. The summed E-state index contributed by atoms with van der Waals surface area (Å²) < 4.78 is 0. The van der Waals surface area contributed by atoms with Gasteiger partial charge in [-0.2, -0.15) is 0 Å². The number of hydrogen-bond acceptors (Lipinski definition) is 1. The van der Waals surface area contributed by atoms with E-state index in [2.05, 4.69) is 51.1 Å². The molecule has 1 unspecified atom stereocenters. The van der Waals surface area contributed by atoms with E-state index in [9.17, 15) is 5.11 Å². The molecule has 1 N–H and O–H groups in total. The fourth-order valence-electron chi connectivity index (χ4n) is 2.85. The molecule has 1 saturated carbocycles. The summed E-state index contributed by atoms with van der Waals surface area (Å²) in [6, 6.07) is 0. The maximum Gasteiger partial charge on any atom is 0.0682 e. The van der Waals surface area contributed by atoms with Gasteiger partial charge in [0.25, 0.3) is 0 Å². The average molecular weight is 271 g/mol. The summed E-state index contributed by atoms with van der Waals surface area (Å²) in [6.45, 7) is 14.5. The Morgan fingerprint density at radius 2 is 1.65 bits per heavy atom. The molecule has 17 heavy (non-hydrogen) atoms. The summed E-state index contributed by atoms with van der Waals surface area (Å²) in [6.07, 6.45) is 5.90. The Balaban J connectivity index is 2.85. The van der Waals surface area contributed by atoms with E-state index in [1.165, 1.54) is 12.8 Å². The molecular weight excluding hydrogens is 240 g/mol. The van der Waals surface area contributed by atoms with Gasteiger partial charge in [0.1, 0.15) is 0 Å². The molecule has 0 radical (unpaired) electrons. The van der Waals surface area contributed by atoms with Crippen LogP contribution >= 0.6 is 0 Å². The lowest BCUT2D eigenvalue weighted by Gasteiger charge is -2.34. The maximum absolute atomic E-state index is 10.2. The summed E-state index contributed by atoms with van der Waals surface area (Å²) in [4.78, 5) is 0. The molecule has 0 saturated heterocycles. The van der Waals surface area contributed by atoms with Crippen molar-refractivity contribution < 1.29 is 5.11 Å². The lowest BCUT2D eigenvalue weighted by molar-refractivity contribution is 0.133. The van der Waals surface area contributed by atoms with Gasteiger partial charge < -0.3 is 5.11 Å². The highest BCUT2D eigenvalue weighted by Crippen LogP contribution is 2.41. The Morgan fingerprint density at radius 1 is 1.06 bits per heavy atom. The fourth-order valence-corrected chi connectivity index (χ4v) is 6.18. The van der Waals surface area contributed by atoms with Gasteiger partial charge in [-0.3, -0.25) is 0 Å². The van der Waals surface area contributed by atoms with E-state index in [4.69, 9.17) is 0 Å². The van der Waals surface area contributed by atoms with Crippen molar-refractivity contribution >= 4 is 16.1 Å². The van der Waals surface area contributed by atoms with E-state index in [0.29, 0.717) is 11.5 Å². The van der Waals surface area contributed by atoms with Crippen LogP contribution in [-0.2, 0) is 0 Å². The first kappa shape index (κ1) is 15.2. The SMILES string of the molecule is C[Si](C)(C)/C=C/C([C@@H]1CCC[C@H]1O)[Si](C)(C)C. The van der Waals surface area contributed by atoms with Crippen molar-refractivity contribution in [3.63, 3.8) is 0 Å². The van der Waals surface area contributed by atoms with Gasteiger partial charge in [-0.05, 0) is 24.3 Å². The molecule has 1 nitrogen and oxygen atoms in total. The Labute approximate surface area is 109 Å². The van der Waals surface area contributed by atoms with E-state index in [0.717, 1.165) is 6.42 Å². The second-order valence-electron chi connectivity index (χ2n) is 7.78. The second-order valence-corrected chi connectivity index (χ2v) is 18.2. The molecule has 0 aliphatic heterocycles. The molecule has 3 atom stereocenters. The van der Waals surface area contributed by atoms with Crippen molar-refractivity contribution in [2.45, 2.75) is 70.2 Å². The van der Waals surface area contributed by atoms with Gasteiger partial charge in [-0.25, -0.2) is 0 Å². The Kier molecular flexibility index (Phi) is 4.83.